The summed E-state index contributed by atoms with van der Waals surface area (Å²) >= 11 is 0. The van der Waals surface area contributed by atoms with E-state index in [1.54, 1.807) is 31.4 Å². The summed E-state index contributed by atoms with van der Waals surface area (Å²) in [5.74, 6) is 2.03. The standard InChI is InChI=1S/C25H20O4/c1-27-20-11-5-9-19(15-20)16-24-25(26)22-13-12-21(17-23(22)29-24)28-14-6-10-18-7-3-2-4-8-18/h2-13,15-17H,14H2,1H3. The molecule has 0 fully saturated rings. The van der Waals surface area contributed by atoms with Gasteiger partial charge in [-0.2, -0.15) is 0 Å². The summed E-state index contributed by atoms with van der Waals surface area (Å²) < 4.78 is 16.8. The second kappa shape index (κ2) is 8.48. The maximum absolute atomic E-state index is 12.6. The normalized spacial score (nSPS) is 14.1. The molecule has 0 spiro atoms. The Labute approximate surface area is 169 Å². The van der Waals surface area contributed by atoms with Gasteiger partial charge in [0.05, 0.1) is 12.7 Å². The van der Waals surface area contributed by atoms with E-state index in [4.69, 9.17) is 14.2 Å². The van der Waals surface area contributed by atoms with Crippen molar-refractivity contribution in [1.29, 1.82) is 0 Å². The molecule has 0 unspecified atom stereocenters. The lowest BCUT2D eigenvalue weighted by molar-refractivity contribution is 0.101. The number of ketones is 1. The molecule has 0 atom stereocenters. The molecule has 29 heavy (non-hydrogen) atoms. The quantitative estimate of drug-likeness (QED) is 0.534. The van der Waals surface area contributed by atoms with Gasteiger partial charge in [0.2, 0.25) is 5.78 Å². The first kappa shape index (κ1) is 18.6. The lowest BCUT2D eigenvalue weighted by Gasteiger charge is -2.05. The van der Waals surface area contributed by atoms with Gasteiger partial charge in [-0.15, -0.1) is 0 Å². The molecular formula is C25H20O4. The zero-order valence-corrected chi connectivity index (χ0v) is 16.0. The summed E-state index contributed by atoms with van der Waals surface area (Å²) in [7, 11) is 1.61. The van der Waals surface area contributed by atoms with Gasteiger partial charge in [-0.3, -0.25) is 4.79 Å². The fourth-order valence-corrected chi connectivity index (χ4v) is 3.03. The van der Waals surface area contributed by atoms with E-state index in [0.717, 1.165) is 16.9 Å². The van der Waals surface area contributed by atoms with Crippen LogP contribution in [0.4, 0.5) is 0 Å². The Bertz CT molecular complexity index is 1080. The summed E-state index contributed by atoms with van der Waals surface area (Å²) in [6.45, 7) is 0.425. The average molecular weight is 384 g/mol. The predicted octanol–water partition coefficient (Wildman–Crippen LogP) is 5.40. The van der Waals surface area contributed by atoms with Crippen molar-refractivity contribution < 1.29 is 19.0 Å². The summed E-state index contributed by atoms with van der Waals surface area (Å²) in [6, 6.07) is 22.7. The highest BCUT2D eigenvalue weighted by Crippen LogP contribution is 2.35. The molecule has 0 saturated heterocycles. The van der Waals surface area contributed by atoms with Gasteiger partial charge in [-0.1, -0.05) is 48.5 Å². The zero-order valence-electron chi connectivity index (χ0n) is 16.0. The highest BCUT2D eigenvalue weighted by atomic mass is 16.5. The van der Waals surface area contributed by atoms with Crippen molar-refractivity contribution in [2.24, 2.45) is 0 Å². The predicted molar refractivity (Wildman–Crippen MR) is 113 cm³/mol. The molecule has 0 N–H and O–H groups in total. The largest absolute Gasteiger partial charge is 0.497 e. The number of allylic oxidation sites excluding steroid dienone is 1. The highest BCUT2D eigenvalue weighted by molar-refractivity contribution is 6.14. The van der Waals surface area contributed by atoms with Crippen LogP contribution < -0.4 is 14.2 Å². The second-order valence-corrected chi connectivity index (χ2v) is 6.50. The van der Waals surface area contributed by atoms with Crippen LogP contribution in [0.25, 0.3) is 12.2 Å². The van der Waals surface area contributed by atoms with E-state index in [-0.39, 0.29) is 11.5 Å². The minimum Gasteiger partial charge on any atom is -0.497 e. The van der Waals surface area contributed by atoms with E-state index in [9.17, 15) is 4.79 Å². The molecule has 4 rings (SSSR count). The lowest BCUT2D eigenvalue weighted by Crippen LogP contribution is -1.98. The third-order valence-electron chi connectivity index (χ3n) is 4.49. The molecule has 3 aromatic carbocycles. The molecule has 0 saturated carbocycles. The number of carbonyl (C=O) groups is 1. The lowest BCUT2D eigenvalue weighted by atomic mass is 10.1. The van der Waals surface area contributed by atoms with Crippen LogP contribution in [0.2, 0.25) is 0 Å². The van der Waals surface area contributed by atoms with Gasteiger partial charge in [0.15, 0.2) is 5.76 Å². The van der Waals surface area contributed by atoms with Gasteiger partial charge in [-0.25, -0.2) is 0 Å². The molecule has 1 aliphatic rings. The van der Waals surface area contributed by atoms with Crippen molar-refractivity contribution >= 4 is 17.9 Å². The van der Waals surface area contributed by atoms with Crippen LogP contribution >= 0.6 is 0 Å². The minimum absolute atomic E-state index is 0.140. The molecule has 4 nitrogen and oxygen atoms in total. The Morgan fingerprint density at radius 2 is 1.72 bits per heavy atom. The topological polar surface area (TPSA) is 44.8 Å². The third kappa shape index (κ3) is 4.38. The monoisotopic (exact) mass is 384 g/mol. The molecule has 0 aromatic heterocycles. The van der Waals surface area contributed by atoms with Crippen LogP contribution in [0.3, 0.4) is 0 Å². The Morgan fingerprint density at radius 1 is 0.897 bits per heavy atom. The number of hydrogen-bond donors (Lipinski definition) is 0. The molecular weight excluding hydrogens is 364 g/mol. The summed E-state index contributed by atoms with van der Waals surface area (Å²) in [5.41, 5.74) is 2.49. The number of fused-ring (bicyclic) bond motifs is 1. The third-order valence-corrected chi connectivity index (χ3v) is 4.49. The van der Waals surface area contributed by atoms with Crippen LogP contribution in [0, 0.1) is 0 Å². The summed E-state index contributed by atoms with van der Waals surface area (Å²) in [4.78, 5) is 12.6. The summed E-state index contributed by atoms with van der Waals surface area (Å²) in [6.07, 6.45) is 5.67. The smallest absolute Gasteiger partial charge is 0.231 e. The first-order valence-electron chi connectivity index (χ1n) is 9.30. The van der Waals surface area contributed by atoms with Crippen molar-refractivity contribution in [3.63, 3.8) is 0 Å². The maximum Gasteiger partial charge on any atom is 0.231 e. The van der Waals surface area contributed by atoms with Gasteiger partial charge in [-0.05, 0) is 47.5 Å². The highest BCUT2D eigenvalue weighted by Gasteiger charge is 2.27. The zero-order chi connectivity index (χ0) is 20.1. The van der Waals surface area contributed by atoms with Crippen LogP contribution in [-0.4, -0.2) is 19.5 Å². The number of benzene rings is 3. The molecule has 1 heterocycles. The van der Waals surface area contributed by atoms with Gasteiger partial charge >= 0.3 is 0 Å². The van der Waals surface area contributed by atoms with Crippen molar-refractivity contribution in [3.8, 4) is 17.2 Å². The number of methoxy groups -OCH3 is 1. The van der Waals surface area contributed by atoms with Crippen molar-refractivity contribution in [2.75, 3.05) is 13.7 Å². The van der Waals surface area contributed by atoms with E-state index < -0.39 is 0 Å². The molecule has 0 bridgehead atoms. The van der Waals surface area contributed by atoms with Crippen molar-refractivity contribution in [3.05, 3.63) is 101 Å². The molecule has 0 aliphatic carbocycles. The molecule has 3 aromatic rings. The number of carbonyl (C=O) groups excluding carboxylic acids is 1. The fraction of sp³-hybridized carbons (Fsp3) is 0.0800. The summed E-state index contributed by atoms with van der Waals surface area (Å²) in [5, 5.41) is 0. The van der Waals surface area contributed by atoms with Crippen LogP contribution in [0.15, 0.2) is 84.6 Å². The van der Waals surface area contributed by atoms with Crippen molar-refractivity contribution in [2.45, 2.75) is 0 Å². The van der Waals surface area contributed by atoms with E-state index in [0.29, 0.717) is 23.7 Å². The Morgan fingerprint density at radius 3 is 2.55 bits per heavy atom. The van der Waals surface area contributed by atoms with Gasteiger partial charge in [0.25, 0.3) is 0 Å². The maximum atomic E-state index is 12.6. The molecule has 0 radical (unpaired) electrons. The number of hydrogen-bond acceptors (Lipinski definition) is 4. The first-order chi connectivity index (χ1) is 14.2. The Kier molecular flexibility index (Phi) is 5.43. The number of Topliss-reactive ketones (excluding diaryl/α,β-unsaturated/α-hetero) is 1. The van der Waals surface area contributed by atoms with E-state index in [1.807, 2.05) is 66.7 Å². The SMILES string of the molecule is COc1cccc(C=C2Oc3cc(OCC=Cc4ccccc4)ccc3C2=O)c1. The molecule has 0 amide bonds. The van der Waals surface area contributed by atoms with Crippen LogP contribution in [-0.2, 0) is 0 Å². The average Bonchev–Trinajstić information content (AvgIpc) is 3.07. The molecule has 144 valence electrons. The van der Waals surface area contributed by atoms with Crippen molar-refractivity contribution in [1.82, 2.24) is 0 Å². The minimum atomic E-state index is -0.140. The molecule has 1 aliphatic heterocycles. The van der Waals surface area contributed by atoms with Gasteiger partial charge in [0, 0.05) is 6.07 Å². The van der Waals surface area contributed by atoms with Crippen LogP contribution in [0.1, 0.15) is 21.5 Å². The fourth-order valence-electron chi connectivity index (χ4n) is 3.03. The first-order valence-corrected chi connectivity index (χ1v) is 9.30. The number of ether oxygens (including phenoxy) is 3. The van der Waals surface area contributed by atoms with Gasteiger partial charge < -0.3 is 14.2 Å². The molecule has 4 heteroatoms. The Hall–Kier alpha value is -3.79. The van der Waals surface area contributed by atoms with E-state index in [1.165, 1.54) is 0 Å². The number of rotatable bonds is 6. The van der Waals surface area contributed by atoms with Crippen LogP contribution in [0.5, 0.6) is 17.2 Å². The Balaban J connectivity index is 1.44. The van der Waals surface area contributed by atoms with Gasteiger partial charge in [0.1, 0.15) is 23.9 Å². The second-order valence-electron chi connectivity index (χ2n) is 6.50. The van der Waals surface area contributed by atoms with E-state index >= 15 is 0 Å². The van der Waals surface area contributed by atoms with E-state index in [2.05, 4.69) is 0 Å².